The predicted octanol–water partition coefficient (Wildman–Crippen LogP) is 2.64. The molecule has 0 saturated carbocycles. The molecule has 6 heteroatoms. The third kappa shape index (κ3) is 3.85. The fourth-order valence-corrected chi connectivity index (χ4v) is 4.32. The molecule has 2 fully saturated rings. The highest BCUT2D eigenvalue weighted by molar-refractivity contribution is 5.94. The van der Waals surface area contributed by atoms with Crippen LogP contribution in [0.15, 0.2) is 42.7 Å². The zero-order chi connectivity index (χ0) is 19.5. The van der Waals surface area contributed by atoms with Crippen LogP contribution in [0.2, 0.25) is 0 Å². The Morgan fingerprint density at radius 3 is 2.71 bits per heavy atom. The van der Waals surface area contributed by atoms with Crippen molar-refractivity contribution in [3.8, 4) is 11.8 Å². The molecule has 1 N–H and O–H groups in total. The summed E-state index contributed by atoms with van der Waals surface area (Å²) in [4.78, 5) is 21.1. The number of amides is 1. The number of phenols is 1. The first-order chi connectivity index (χ1) is 13.6. The third-order valence-corrected chi connectivity index (χ3v) is 5.91. The number of carbonyl (C=O) groups excluding carboxylic acids is 1. The molecule has 2 saturated heterocycles. The number of phenolic OH excluding ortho intramolecular Hbond substituents is 1. The van der Waals surface area contributed by atoms with Crippen LogP contribution in [-0.4, -0.2) is 52.0 Å². The van der Waals surface area contributed by atoms with Gasteiger partial charge in [0.25, 0.3) is 5.91 Å². The second-order valence-electron chi connectivity index (χ2n) is 7.81. The van der Waals surface area contributed by atoms with Gasteiger partial charge in [-0.25, -0.2) is 0 Å². The summed E-state index contributed by atoms with van der Waals surface area (Å²) >= 11 is 0. The number of hydrogen-bond acceptors (Lipinski definition) is 5. The smallest absolute Gasteiger partial charge is 0.253 e. The number of pyridine rings is 1. The SMILES string of the molecule is N#Cc1cc(CN2CC(C3CCCN(C(=O)c4ccncc4)C3)C2)ccc1O. The van der Waals surface area contributed by atoms with Gasteiger partial charge < -0.3 is 10.0 Å². The van der Waals surface area contributed by atoms with Crippen LogP contribution < -0.4 is 0 Å². The maximum Gasteiger partial charge on any atom is 0.253 e. The van der Waals surface area contributed by atoms with Gasteiger partial charge in [0.1, 0.15) is 11.8 Å². The summed E-state index contributed by atoms with van der Waals surface area (Å²) in [5, 5.41) is 18.7. The highest BCUT2D eigenvalue weighted by Crippen LogP contribution is 2.32. The summed E-state index contributed by atoms with van der Waals surface area (Å²) in [5.41, 5.74) is 2.09. The lowest BCUT2D eigenvalue weighted by Crippen LogP contribution is -2.53. The molecule has 0 spiro atoms. The first-order valence-corrected chi connectivity index (χ1v) is 9.77. The number of aromatic nitrogens is 1. The van der Waals surface area contributed by atoms with E-state index >= 15 is 0 Å². The van der Waals surface area contributed by atoms with Crippen molar-refractivity contribution in [2.24, 2.45) is 11.8 Å². The lowest BCUT2D eigenvalue weighted by atomic mass is 9.80. The second kappa shape index (κ2) is 7.99. The minimum absolute atomic E-state index is 0.0360. The van der Waals surface area contributed by atoms with Gasteiger partial charge in [-0.2, -0.15) is 5.26 Å². The summed E-state index contributed by atoms with van der Waals surface area (Å²) in [5.74, 6) is 1.30. The van der Waals surface area contributed by atoms with Gasteiger partial charge in [0.15, 0.2) is 0 Å². The highest BCUT2D eigenvalue weighted by Gasteiger charge is 2.36. The third-order valence-electron chi connectivity index (χ3n) is 5.91. The molecule has 2 aromatic rings. The Bertz CT molecular complexity index is 887. The Kier molecular flexibility index (Phi) is 5.27. The number of aromatic hydroxyl groups is 1. The van der Waals surface area contributed by atoms with Crippen molar-refractivity contribution in [2.45, 2.75) is 19.4 Å². The van der Waals surface area contributed by atoms with Gasteiger partial charge in [0.05, 0.1) is 5.56 Å². The molecule has 2 aliphatic rings. The molecule has 1 aromatic heterocycles. The van der Waals surface area contributed by atoms with Crippen LogP contribution in [0.3, 0.4) is 0 Å². The highest BCUT2D eigenvalue weighted by atomic mass is 16.3. The van der Waals surface area contributed by atoms with Crippen molar-refractivity contribution in [1.29, 1.82) is 5.26 Å². The Balaban J connectivity index is 1.31. The topological polar surface area (TPSA) is 80.5 Å². The van der Waals surface area contributed by atoms with Gasteiger partial charge in [-0.15, -0.1) is 0 Å². The summed E-state index contributed by atoms with van der Waals surface area (Å²) in [7, 11) is 0. The van der Waals surface area contributed by atoms with Crippen LogP contribution >= 0.6 is 0 Å². The number of benzene rings is 1. The maximum atomic E-state index is 12.7. The van der Waals surface area contributed by atoms with Crippen molar-refractivity contribution in [1.82, 2.24) is 14.8 Å². The number of likely N-dealkylation sites (tertiary alicyclic amines) is 2. The van der Waals surface area contributed by atoms with Gasteiger partial charge >= 0.3 is 0 Å². The molecule has 0 aliphatic carbocycles. The van der Waals surface area contributed by atoms with E-state index in [0.29, 0.717) is 23.0 Å². The fraction of sp³-hybridized carbons (Fsp3) is 0.409. The van der Waals surface area contributed by atoms with Crippen molar-refractivity contribution >= 4 is 5.91 Å². The second-order valence-corrected chi connectivity index (χ2v) is 7.81. The van der Waals surface area contributed by atoms with Gasteiger partial charge in [0, 0.05) is 50.7 Å². The monoisotopic (exact) mass is 376 g/mol. The lowest BCUT2D eigenvalue weighted by Gasteiger charge is -2.46. The maximum absolute atomic E-state index is 12.7. The number of carbonyl (C=O) groups is 1. The zero-order valence-corrected chi connectivity index (χ0v) is 15.8. The molecular formula is C22H24N4O2. The van der Waals surface area contributed by atoms with E-state index in [9.17, 15) is 9.90 Å². The summed E-state index contributed by atoms with van der Waals surface area (Å²) in [6.45, 7) is 4.49. The first kappa shape index (κ1) is 18.5. The summed E-state index contributed by atoms with van der Waals surface area (Å²) in [6, 6.07) is 10.8. The van der Waals surface area contributed by atoms with Crippen LogP contribution in [0.5, 0.6) is 5.75 Å². The van der Waals surface area contributed by atoms with Crippen LogP contribution in [0.4, 0.5) is 0 Å². The van der Waals surface area contributed by atoms with E-state index in [0.717, 1.165) is 44.7 Å². The van der Waals surface area contributed by atoms with E-state index in [-0.39, 0.29) is 11.7 Å². The molecule has 1 atom stereocenters. The van der Waals surface area contributed by atoms with Crippen molar-refractivity contribution in [3.05, 3.63) is 59.4 Å². The Labute approximate surface area is 165 Å². The molecule has 1 unspecified atom stereocenters. The van der Waals surface area contributed by atoms with Gasteiger partial charge in [-0.3, -0.25) is 14.7 Å². The standard InChI is InChI=1S/C22H24N4O2/c23-11-19-10-16(3-4-21(19)27)12-25-13-20(14-25)18-2-1-9-26(15-18)22(28)17-5-7-24-8-6-17/h3-8,10,18,20,27H,1-2,9,12-15H2. The number of nitriles is 1. The minimum Gasteiger partial charge on any atom is -0.507 e. The van der Waals surface area contributed by atoms with Crippen LogP contribution in [0.25, 0.3) is 0 Å². The Morgan fingerprint density at radius 2 is 1.96 bits per heavy atom. The zero-order valence-electron chi connectivity index (χ0n) is 15.8. The van der Waals surface area contributed by atoms with Crippen molar-refractivity contribution < 1.29 is 9.90 Å². The largest absolute Gasteiger partial charge is 0.507 e. The number of rotatable bonds is 4. The molecule has 1 aromatic carbocycles. The van der Waals surface area contributed by atoms with E-state index < -0.39 is 0 Å². The van der Waals surface area contributed by atoms with E-state index in [1.807, 2.05) is 17.0 Å². The normalized spacial score (nSPS) is 20.4. The van der Waals surface area contributed by atoms with E-state index in [4.69, 9.17) is 5.26 Å². The molecule has 4 rings (SSSR count). The number of piperidine rings is 1. The number of nitrogens with zero attached hydrogens (tertiary/aromatic N) is 4. The van der Waals surface area contributed by atoms with Crippen LogP contribution in [0.1, 0.15) is 34.3 Å². The summed E-state index contributed by atoms with van der Waals surface area (Å²) in [6.07, 6.45) is 5.57. The van der Waals surface area contributed by atoms with E-state index in [2.05, 4.69) is 9.88 Å². The number of hydrogen-bond donors (Lipinski definition) is 1. The van der Waals surface area contributed by atoms with Crippen molar-refractivity contribution in [2.75, 3.05) is 26.2 Å². The molecule has 144 valence electrons. The molecule has 1 amide bonds. The Hall–Kier alpha value is -2.91. The summed E-state index contributed by atoms with van der Waals surface area (Å²) < 4.78 is 0. The van der Waals surface area contributed by atoms with E-state index in [1.165, 1.54) is 6.42 Å². The molecule has 2 aliphatic heterocycles. The first-order valence-electron chi connectivity index (χ1n) is 9.77. The van der Waals surface area contributed by atoms with Gasteiger partial charge in [-0.1, -0.05) is 6.07 Å². The Morgan fingerprint density at radius 1 is 1.18 bits per heavy atom. The minimum atomic E-state index is 0.0360. The van der Waals surface area contributed by atoms with Gasteiger partial charge in [0.2, 0.25) is 0 Å². The lowest BCUT2D eigenvalue weighted by molar-refractivity contribution is 0.0170. The van der Waals surface area contributed by atoms with Crippen LogP contribution in [0, 0.1) is 23.2 Å². The van der Waals surface area contributed by atoms with Crippen molar-refractivity contribution in [3.63, 3.8) is 0 Å². The molecule has 6 nitrogen and oxygen atoms in total. The van der Waals surface area contributed by atoms with Crippen LogP contribution in [-0.2, 0) is 6.54 Å². The van der Waals surface area contributed by atoms with Gasteiger partial charge in [-0.05, 0) is 54.5 Å². The predicted molar refractivity (Wildman–Crippen MR) is 104 cm³/mol. The average Bonchev–Trinajstić information content (AvgIpc) is 2.71. The molecule has 0 radical (unpaired) electrons. The molecule has 28 heavy (non-hydrogen) atoms. The van der Waals surface area contributed by atoms with E-state index in [1.54, 1.807) is 36.7 Å². The molecular weight excluding hydrogens is 352 g/mol. The molecule has 0 bridgehead atoms. The average molecular weight is 376 g/mol. The quantitative estimate of drug-likeness (QED) is 0.887. The fourth-order valence-electron chi connectivity index (χ4n) is 4.32. The molecule has 3 heterocycles.